The van der Waals surface area contributed by atoms with Crippen LogP contribution in [0, 0.1) is 0 Å². The van der Waals surface area contributed by atoms with Crippen LogP contribution in [-0.2, 0) is 11.2 Å². The molecule has 2 heterocycles. The van der Waals surface area contributed by atoms with Gasteiger partial charge in [0.25, 0.3) is 0 Å². The van der Waals surface area contributed by atoms with Gasteiger partial charge in [0.2, 0.25) is 6.79 Å². The molecule has 0 bridgehead atoms. The van der Waals surface area contributed by atoms with E-state index in [4.69, 9.17) is 14.2 Å². The summed E-state index contributed by atoms with van der Waals surface area (Å²) in [5, 5.41) is 2.96. The van der Waals surface area contributed by atoms with Crippen LogP contribution in [0.15, 0.2) is 18.2 Å². The van der Waals surface area contributed by atoms with Gasteiger partial charge in [0.15, 0.2) is 11.5 Å². The number of benzene rings is 1. The summed E-state index contributed by atoms with van der Waals surface area (Å²) >= 11 is 0. The van der Waals surface area contributed by atoms with E-state index >= 15 is 0 Å². The van der Waals surface area contributed by atoms with Crippen LogP contribution in [0.2, 0.25) is 0 Å². The molecule has 0 radical (unpaired) electrons. The third-order valence-corrected chi connectivity index (χ3v) is 3.76. The van der Waals surface area contributed by atoms with E-state index in [0.29, 0.717) is 26.3 Å². The smallest absolute Gasteiger partial charge is 0.317 e. The summed E-state index contributed by atoms with van der Waals surface area (Å²) < 4.78 is 16.0. The van der Waals surface area contributed by atoms with Crippen molar-refractivity contribution in [1.29, 1.82) is 0 Å². The van der Waals surface area contributed by atoms with Gasteiger partial charge >= 0.3 is 6.03 Å². The fourth-order valence-corrected chi connectivity index (χ4v) is 2.54. The lowest BCUT2D eigenvalue weighted by Crippen LogP contribution is -2.51. The first-order valence-corrected chi connectivity index (χ1v) is 7.25. The topological polar surface area (TPSA) is 60.0 Å². The molecule has 6 heteroatoms. The van der Waals surface area contributed by atoms with E-state index in [1.165, 1.54) is 0 Å². The number of carbonyl (C=O) groups is 1. The zero-order valence-corrected chi connectivity index (χ0v) is 12.1. The van der Waals surface area contributed by atoms with Crippen molar-refractivity contribution in [2.75, 3.05) is 33.1 Å². The van der Waals surface area contributed by atoms with Gasteiger partial charge in [0.1, 0.15) is 0 Å². The predicted octanol–water partition coefficient (Wildman–Crippen LogP) is 1.39. The lowest BCUT2D eigenvalue weighted by molar-refractivity contribution is 0.0191. The Hall–Kier alpha value is -1.95. The maximum absolute atomic E-state index is 12.1. The van der Waals surface area contributed by atoms with Crippen LogP contribution < -0.4 is 14.8 Å². The van der Waals surface area contributed by atoms with Crippen molar-refractivity contribution < 1.29 is 19.0 Å². The quantitative estimate of drug-likeness (QED) is 0.914. The van der Waals surface area contributed by atoms with Gasteiger partial charge in [-0.2, -0.15) is 0 Å². The Morgan fingerprint density at radius 3 is 3.10 bits per heavy atom. The fraction of sp³-hybridized carbons (Fsp3) is 0.533. The van der Waals surface area contributed by atoms with Crippen LogP contribution in [0.5, 0.6) is 11.5 Å². The predicted molar refractivity (Wildman–Crippen MR) is 76.7 cm³/mol. The fourth-order valence-electron chi connectivity index (χ4n) is 2.54. The van der Waals surface area contributed by atoms with E-state index in [1.54, 1.807) is 0 Å². The number of carbonyl (C=O) groups excluding carboxylic acids is 1. The lowest BCUT2D eigenvalue weighted by Gasteiger charge is -2.33. The Kier molecular flexibility index (Phi) is 4.15. The molecule has 1 atom stereocenters. The lowest BCUT2D eigenvalue weighted by atomic mass is 10.1. The summed E-state index contributed by atoms with van der Waals surface area (Å²) in [6.45, 7) is 4.75. The second-order valence-corrected chi connectivity index (χ2v) is 5.29. The first-order chi connectivity index (χ1) is 10.2. The third-order valence-electron chi connectivity index (χ3n) is 3.76. The molecule has 21 heavy (non-hydrogen) atoms. The molecule has 114 valence electrons. The summed E-state index contributed by atoms with van der Waals surface area (Å²) in [6, 6.07) is 5.97. The second kappa shape index (κ2) is 6.22. The van der Waals surface area contributed by atoms with Crippen molar-refractivity contribution >= 4 is 6.03 Å². The van der Waals surface area contributed by atoms with Crippen molar-refractivity contribution in [3.63, 3.8) is 0 Å². The van der Waals surface area contributed by atoms with Gasteiger partial charge in [-0.3, -0.25) is 0 Å². The molecule has 1 fully saturated rings. The molecule has 2 aliphatic rings. The molecule has 1 aromatic rings. The number of hydrogen-bond acceptors (Lipinski definition) is 4. The molecule has 2 aliphatic heterocycles. The maximum atomic E-state index is 12.1. The Bertz CT molecular complexity index is 520. The number of ether oxygens (including phenoxy) is 3. The number of nitrogens with zero attached hydrogens (tertiary/aromatic N) is 1. The van der Waals surface area contributed by atoms with Gasteiger partial charge in [-0.15, -0.1) is 0 Å². The zero-order valence-electron chi connectivity index (χ0n) is 12.1. The first-order valence-electron chi connectivity index (χ1n) is 7.25. The summed E-state index contributed by atoms with van der Waals surface area (Å²) in [5.41, 5.74) is 1.12. The van der Waals surface area contributed by atoms with Gasteiger partial charge < -0.3 is 24.4 Å². The molecule has 1 saturated heterocycles. The minimum atomic E-state index is -0.0217. The molecule has 1 aromatic carbocycles. The van der Waals surface area contributed by atoms with Crippen molar-refractivity contribution in [3.8, 4) is 11.5 Å². The van der Waals surface area contributed by atoms with Crippen LogP contribution in [0.25, 0.3) is 0 Å². The van der Waals surface area contributed by atoms with Crippen LogP contribution in [0.3, 0.4) is 0 Å². The molecule has 1 N–H and O–H groups in total. The molecule has 0 unspecified atom stereocenters. The average molecular weight is 292 g/mol. The molecular weight excluding hydrogens is 272 g/mol. The van der Waals surface area contributed by atoms with Gasteiger partial charge in [0.05, 0.1) is 19.3 Å². The monoisotopic (exact) mass is 292 g/mol. The Morgan fingerprint density at radius 2 is 2.24 bits per heavy atom. The Labute approximate surface area is 124 Å². The van der Waals surface area contributed by atoms with Crippen LogP contribution in [0.4, 0.5) is 4.79 Å². The highest BCUT2D eigenvalue weighted by atomic mass is 16.7. The molecule has 2 amide bonds. The van der Waals surface area contributed by atoms with Crippen molar-refractivity contribution in [3.05, 3.63) is 23.8 Å². The molecule has 3 rings (SSSR count). The van der Waals surface area contributed by atoms with E-state index in [1.807, 2.05) is 30.0 Å². The van der Waals surface area contributed by atoms with E-state index < -0.39 is 0 Å². The standard InChI is InChI=1S/C15H20N2O4/c1-11-9-19-7-6-17(11)15(18)16-5-4-12-2-3-13-14(8-12)21-10-20-13/h2-3,8,11H,4-7,9-10H2,1H3,(H,16,18)/t11-/m0/s1. The Morgan fingerprint density at radius 1 is 1.38 bits per heavy atom. The molecule has 0 aromatic heterocycles. The molecule has 6 nitrogen and oxygen atoms in total. The molecular formula is C15H20N2O4. The normalized spacial score (nSPS) is 20.4. The van der Waals surface area contributed by atoms with Crippen molar-refractivity contribution in [2.24, 2.45) is 0 Å². The van der Waals surface area contributed by atoms with Gasteiger partial charge in [0, 0.05) is 13.1 Å². The SMILES string of the molecule is C[C@H]1COCCN1C(=O)NCCc1ccc2c(c1)OCO2. The van der Waals surface area contributed by atoms with Gasteiger partial charge in [-0.1, -0.05) is 6.07 Å². The molecule has 0 aliphatic carbocycles. The van der Waals surface area contributed by atoms with Gasteiger partial charge in [-0.05, 0) is 31.0 Å². The Balaban J connectivity index is 1.48. The minimum absolute atomic E-state index is 0.0217. The van der Waals surface area contributed by atoms with Crippen molar-refractivity contribution in [1.82, 2.24) is 10.2 Å². The van der Waals surface area contributed by atoms with Crippen LogP contribution in [-0.4, -0.2) is 50.1 Å². The maximum Gasteiger partial charge on any atom is 0.317 e. The molecule has 0 spiro atoms. The minimum Gasteiger partial charge on any atom is -0.454 e. The average Bonchev–Trinajstić information content (AvgIpc) is 2.95. The summed E-state index contributed by atoms with van der Waals surface area (Å²) in [6.07, 6.45) is 0.765. The molecule has 0 saturated carbocycles. The first kappa shape index (κ1) is 14.0. The highest BCUT2D eigenvalue weighted by Gasteiger charge is 2.23. The zero-order chi connectivity index (χ0) is 14.7. The highest BCUT2D eigenvalue weighted by Crippen LogP contribution is 2.32. The second-order valence-electron chi connectivity index (χ2n) is 5.29. The van der Waals surface area contributed by atoms with E-state index in [9.17, 15) is 4.79 Å². The summed E-state index contributed by atoms with van der Waals surface area (Å²) in [4.78, 5) is 13.9. The van der Waals surface area contributed by atoms with Crippen molar-refractivity contribution in [2.45, 2.75) is 19.4 Å². The van der Waals surface area contributed by atoms with Crippen LogP contribution in [0.1, 0.15) is 12.5 Å². The number of fused-ring (bicyclic) bond motifs is 1. The summed E-state index contributed by atoms with van der Waals surface area (Å²) in [7, 11) is 0. The number of nitrogens with one attached hydrogen (secondary N) is 1. The number of hydrogen-bond donors (Lipinski definition) is 1. The largest absolute Gasteiger partial charge is 0.454 e. The summed E-state index contributed by atoms with van der Waals surface area (Å²) in [5.74, 6) is 1.56. The number of morpholine rings is 1. The number of amides is 2. The number of urea groups is 1. The van der Waals surface area contributed by atoms with E-state index in [0.717, 1.165) is 23.5 Å². The van der Waals surface area contributed by atoms with E-state index in [2.05, 4.69) is 5.32 Å². The third kappa shape index (κ3) is 3.21. The van der Waals surface area contributed by atoms with Gasteiger partial charge in [-0.25, -0.2) is 4.79 Å². The number of rotatable bonds is 3. The van der Waals surface area contributed by atoms with Crippen LogP contribution >= 0.6 is 0 Å². The van der Waals surface area contributed by atoms with E-state index in [-0.39, 0.29) is 18.9 Å². The highest BCUT2D eigenvalue weighted by molar-refractivity contribution is 5.74.